The van der Waals surface area contributed by atoms with E-state index in [4.69, 9.17) is 0 Å². The van der Waals surface area contributed by atoms with E-state index < -0.39 is 12.3 Å². The van der Waals surface area contributed by atoms with Crippen LogP contribution in [0.2, 0.25) is 0 Å². The molecular formula is C23H44F2. The summed E-state index contributed by atoms with van der Waals surface area (Å²) < 4.78 is 29.8. The Bertz CT molecular complexity index is 333. The van der Waals surface area contributed by atoms with Gasteiger partial charge in [0.25, 0.3) is 0 Å². The zero-order valence-corrected chi connectivity index (χ0v) is 17.7. The summed E-state index contributed by atoms with van der Waals surface area (Å²) >= 11 is 0. The Balaban J connectivity index is 0.00000151. The molecule has 0 saturated heterocycles. The molecule has 0 heterocycles. The maximum absolute atomic E-state index is 14.9. The third-order valence-electron chi connectivity index (χ3n) is 6.87. The number of halogens is 2. The molecule has 0 amide bonds. The Kier molecular flexibility index (Phi) is 10.6. The summed E-state index contributed by atoms with van der Waals surface area (Å²) in [5.74, 6) is 2.21. The molecule has 2 rings (SSSR count). The highest BCUT2D eigenvalue weighted by Crippen LogP contribution is 2.46. The average molecular weight is 359 g/mol. The van der Waals surface area contributed by atoms with Crippen molar-refractivity contribution in [2.24, 2.45) is 35.5 Å². The molecule has 0 nitrogen and oxygen atoms in total. The van der Waals surface area contributed by atoms with E-state index in [1.807, 2.05) is 13.8 Å². The normalized spacial score (nSPS) is 37.3. The van der Waals surface area contributed by atoms with Gasteiger partial charge >= 0.3 is 0 Å². The average Bonchev–Trinajstić information content (AvgIpc) is 2.61. The lowest BCUT2D eigenvalue weighted by Crippen LogP contribution is -2.44. The molecule has 0 spiro atoms. The molecule has 2 heteroatoms. The van der Waals surface area contributed by atoms with Crippen LogP contribution in [0.3, 0.4) is 0 Å². The van der Waals surface area contributed by atoms with E-state index in [2.05, 4.69) is 27.7 Å². The van der Waals surface area contributed by atoms with Crippen LogP contribution in [0.4, 0.5) is 8.78 Å². The zero-order valence-electron chi connectivity index (χ0n) is 17.7. The minimum Gasteiger partial charge on any atom is -0.244 e. The Morgan fingerprint density at radius 3 is 1.96 bits per heavy atom. The van der Waals surface area contributed by atoms with Gasteiger partial charge in [-0.3, -0.25) is 0 Å². The molecule has 0 bridgehead atoms. The van der Waals surface area contributed by atoms with Gasteiger partial charge in [-0.05, 0) is 67.6 Å². The highest BCUT2D eigenvalue weighted by atomic mass is 19.2. The summed E-state index contributed by atoms with van der Waals surface area (Å²) in [6.45, 7) is 12.9. The lowest BCUT2D eigenvalue weighted by Gasteiger charge is -2.43. The molecule has 2 aliphatic carbocycles. The first-order chi connectivity index (χ1) is 11.9. The summed E-state index contributed by atoms with van der Waals surface area (Å²) in [6.07, 6.45) is 7.27. The first-order valence-corrected chi connectivity index (χ1v) is 11.2. The van der Waals surface area contributed by atoms with E-state index in [1.54, 1.807) is 0 Å². The van der Waals surface area contributed by atoms with Gasteiger partial charge in [0.05, 0.1) is 0 Å². The van der Waals surface area contributed by atoms with E-state index in [0.29, 0.717) is 17.8 Å². The lowest BCUT2D eigenvalue weighted by molar-refractivity contribution is -0.0314. The summed E-state index contributed by atoms with van der Waals surface area (Å²) in [5.41, 5.74) is 0. The van der Waals surface area contributed by atoms with Crippen LogP contribution in [0, 0.1) is 35.5 Å². The van der Waals surface area contributed by atoms with E-state index in [0.717, 1.165) is 50.9 Å². The number of rotatable bonds is 6. The van der Waals surface area contributed by atoms with Gasteiger partial charge < -0.3 is 0 Å². The van der Waals surface area contributed by atoms with Crippen molar-refractivity contribution < 1.29 is 8.78 Å². The molecule has 0 N–H and O–H groups in total. The van der Waals surface area contributed by atoms with Gasteiger partial charge in [0.1, 0.15) is 12.3 Å². The second kappa shape index (κ2) is 11.5. The third-order valence-corrected chi connectivity index (χ3v) is 6.87. The van der Waals surface area contributed by atoms with Crippen LogP contribution < -0.4 is 0 Å². The molecule has 5 atom stereocenters. The zero-order chi connectivity index (χ0) is 19.0. The Labute approximate surface area is 156 Å². The van der Waals surface area contributed by atoms with Gasteiger partial charge in [0.15, 0.2) is 0 Å². The van der Waals surface area contributed by atoms with Gasteiger partial charge in [-0.1, -0.05) is 67.2 Å². The molecule has 5 unspecified atom stereocenters. The van der Waals surface area contributed by atoms with Crippen LogP contribution in [-0.2, 0) is 0 Å². The van der Waals surface area contributed by atoms with E-state index in [9.17, 15) is 8.78 Å². The second-order valence-corrected chi connectivity index (χ2v) is 8.95. The second-order valence-electron chi connectivity index (χ2n) is 8.95. The maximum Gasteiger partial charge on any atom is 0.134 e. The first-order valence-electron chi connectivity index (χ1n) is 11.2. The molecule has 2 aliphatic rings. The van der Waals surface area contributed by atoms with Gasteiger partial charge in [-0.2, -0.15) is 0 Å². The predicted molar refractivity (Wildman–Crippen MR) is 106 cm³/mol. The smallest absolute Gasteiger partial charge is 0.134 e. The van der Waals surface area contributed by atoms with Crippen LogP contribution in [0.25, 0.3) is 0 Å². The molecule has 0 aromatic rings. The van der Waals surface area contributed by atoms with E-state index >= 15 is 0 Å². The topological polar surface area (TPSA) is 0 Å². The Morgan fingerprint density at radius 2 is 1.44 bits per heavy atom. The predicted octanol–water partition coefficient (Wildman–Crippen LogP) is 8.00. The summed E-state index contributed by atoms with van der Waals surface area (Å²) in [7, 11) is 0. The standard InChI is InChI=1S/C21H38F2.C2H6/c1-5-16(9-6-14(2)3)18-12-13-19(21(23)20(18)22)17-10-7-15(4)8-11-17;1-2/h14-21H,5-13H2,1-4H3;1-2H3. The van der Waals surface area contributed by atoms with Gasteiger partial charge in [0, 0.05) is 0 Å². The van der Waals surface area contributed by atoms with Crippen LogP contribution >= 0.6 is 0 Å². The molecule has 25 heavy (non-hydrogen) atoms. The number of hydrogen-bond donors (Lipinski definition) is 0. The SMILES string of the molecule is CC.CCC(CCC(C)C)C1CCC(C2CCC(C)CC2)C(F)C1F. The van der Waals surface area contributed by atoms with Crippen molar-refractivity contribution in [1.29, 1.82) is 0 Å². The lowest BCUT2D eigenvalue weighted by atomic mass is 9.65. The van der Waals surface area contributed by atoms with Crippen molar-refractivity contribution in [3.8, 4) is 0 Å². The fourth-order valence-electron chi connectivity index (χ4n) is 5.15. The van der Waals surface area contributed by atoms with E-state index in [-0.39, 0.29) is 11.8 Å². The maximum atomic E-state index is 14.9. The quantitative estimate of drug-likeness (QED) is 0.451. The minimum absolute atomic E-state index is 0.00338. The molecule has 0 aromatic carbocycles. The first kappa shape index (κ1) is 22.9. The van der Waals surface area contributed by atoms with Gasteiger partial charge in [-0.25, -0.2) is 8.78 Å². The van der Waals surface area contributed by atoms with Crippen molar-refractivity contribution in [2.75, 3.05) is 0 Å². The van der Waals surface area contributed by atoms with Crippen LogP contribution in [0.15, 0.2) is 0 Å². The van der Waals surface area contributed by atoms with Crippen LogP contribution in [-0.4, -0.2) is 12.3 Å². The van der Waals surface area contributed by atoms with E-state index in [1.165, 1.54) is 12.8 Å². The molecule has 150 valence electrons. The van der Waals surface area contributed by atoms with Crippen molar-refractivity contribution >= 4 is 0 Å². The largest absolute Gasteiger partial charge is 0.244 e. The highest BCUT2D eigenvalue weighted by molar-refractivity contribution is 4.94. The molecule has 0 aromatic heterocycles. The highest BCUT2D eigenvalue weighted by Gasteiger charge is 2.45. The number of hydrogen-bond acceptors (Lipinski definition) is 0. The fourth-order valence-corrected chi connectivity index (χ4v) is 5.15. The van der Waals surface area contributed by atoms with Crippen LogP contribution in [0.1, 0.15) is 99.3 Å². The number of alkyl halides is 2. The van der Waals surface area contributed by atoms with Crippen molar-refractivity contribution in [3.63, 3.8) is 0 Å². The van der Waals surface area contributed by atoms with Crippen LogP contribution in [0.5, 0.6) is 0 Å². The minimum atomic E-state index is -1.22. The molecular weight excluding hydrogens is 314 g/mol. The third kappa shape index (κ3) is 6.51. The Hall–Kier alpha value is -0.140. The molecule has 0 radical (unpaired) electrons. The fraction of sp³-hybridized carbons (Fsp3) is 1.00. The molecule has 2 fully saturated rings. The van der Waals surface area contributed by atoms with Crippen molar-refractivity contribution in [1.82, 2.24) is 0 Å². The summed E-state index contributed by atoms with van der Waals surface area (Å²) in [6, 6.07) is 0. The van der Waals surface area contributed by atoms with Gasteiger partial charge in [0.2, 0.25) is 0 Å². The molecule has 0 aliphatic heterocycles. The summed E-state index contributed by atoms with van der Waals surface area (Å²) in [5, 5.41) is 0. The van der Waals surface area contributed by atoms with Gasteiger partial charge in [-0.15, -0.1) is 0 Å². The Morgan fingerprint density at radius 1 is 0.840 bits per heavy atom. The monoisotopic (exact) mass is 358 g/mol. The van der Waals surface area contributed by atoms with Crippen molar-refractivity contribution in [2.45, 2.75) is 112 Å². The summed E-state index contributed by atoms with van der Waals surface area (Å²) in [4.78, 5) is 0. The molecule has 2 saturated carbocycles. The van der Waals surface area contributed by atoms with Crippen molar-refractivity contribution in [3.05, 3.63) is 0 Å².